The summed E-state index contributed by atoms with van der Waals surface area (Å²) in [6.07, 6.45) is 5.28. The Kier molecular flexibility index (Phi) is 4.31. The normalized spacial score (nSPS) is 16.1. The maximum absolute atomic E-state index is 12.3. The van der Waals surface area contributed by atoms with Gasteiger partial charge in [0.2, 0.25) is 0 Å². The molecule has 1 aromatic carbocycles. The van der Waals surface area contributed by atoms with E-state index in [2.05, 4.69) is 10.8 Å². The molecule has 1 heterocycles. The van der Waals surface area contributed by atoms with Gasteiger partial charge in [-0.3, -0.25) is 9.69 Å². The zero-order chi connectivity index (χ0) is 13.8. The van der Waals surface area contributed by atoms with Crippen LogP contribution in [0.15, 0.2) is 18.2 Å². The number of nitrogens with two attached hydrogens (primary N) is 1. The first-order chi connectivity index (χ1) is 9.11. The monoisotopic (exact) mass is 277 g/mol. The van der Waals surface area contributed by atoms with Gasteiger partial charge in [-0.05, 0) is 18.2 Å². The quantitative estimate of drug-likeness (QED) is 0.655. The van der Waals surface area contributed by atoms with Crippen LogP contribution in [0.4, 0.5) is 5.69 Å². The number of nitrogen functional groups attached to an aromatic ring is 1. The van der Waals surface area contributed by atoms with Crippen molar-refractivity contribution in [2.24, 2.45) is 0 Å². The van der Waals surface area contributed by atoms with Crippen molar-refractivity contribution in [3.05, 3.63) is 28.8 Å². The first-order valence-electron chi connectivity index (χ1n) is 6.12. The Morgan fingerprint density at radius 3 is 2.63 bits per heavy atom. The Balaban J connectivity index is 2.01. The van der Waals surface area contributed by atoms with E-state index in [9.17, 15) is 4.79 Å². The zero-order valence-electron chi connectivity index (χ0n) is 10.6. The van der Waals surface area contributed by atoms with E-state index in [1.165, 1.54) is 0 Å². The molecule has 19 heavy (non-hydrogen) atoms. The molecule has 0 unspecified atom stereocenters. The van der Waals surface area contributed by atoms with Gasteiger partial charge >= 0.3 is 0 Å². The van der Waals surface area contributed by atoms with Crippen molar-refractivity contribution in [2.45, 2.75) is 0 Å². The predicted octanol–water partition coefficient (Wildman–Crippen LogP) is 1.31. The molecule has 0 saturated carbocycles. The van der Waals surface area contributed by atoms with E-state index in [1.54, 1.807) is 18.2 Å². The Morgan fingerprint density at radius 1 is 1.37 bits per heavy atom. The number of benzene rings is 1. The zero-order valence-corrected chi connectivity index (χ0v) is 11.4. The lowest BCUT2D eigenvalue weighted by molar-refractivity contribution is 0.0652. The molecule has 1 amide bonds. The molecule has 1 saturated heterocycles. The molecule has 0 aromatic heterocycles. The molecule has 4 nitrogen and oxygen atoms in total. The minimum absolute atomic E-state index is 0.0118. The average Bonchev–Trinajstić information content (AvgIpc) is 2.42. The summed E-state index contributed by atoms with van der Waals surface area (Å²) in [5, 5.41) is 0.414. The van der Waals surface area contributed by atoms with Gasteiger partial charge < -0.3 is 10.6 Å². The number of anilines is 1. The number of hydrogen-bond acceptors (Lipinski definition) is 3. The first-order valence-corrected chi connectivity index (χ1v) is 6.49. The largest absolute Gasteiger partial charge is 0.398 e. The standard InChI is InChI=1S/C14H16ClN3O/c1-2-5-17-6-8-18(9-7-17)14(19)11-3-4-13(16)12(15)10-11/h1,3-4,10H,5-9,16H2. The lowest BCUT2D eigenvalue weighted by Gasteiger charge is -2.33. The number of halogens is 1. The highest BCUT2D eigenvalue weighted by Crippen LogP contribution is 2.20. The van der Waals surface area contributed by atoms with Crippen LogP contribution in [0.3, 0.4) is 0 Å². The van der Waals surface area contributed by atoms with E-state index in [0.717, 1.165) is 13.1 Å². The van der Waals surface area contributed by atoms with E-state index < -0.39 is 0 Å². The fourth-order valence-electron chi connectivity index (χ4n) is 2.08. The van der Waals surface area contributed by atoms with E-state index in [-0.39, 0.29) is 5.91 Å². The van der Waals surface area contributed by atoms with Crippen molar-refractivity contribution in [3.63, 3.8) is 0 Å². The van der Waals surface area contributed by atoms with Crippen LogP contribution in [0.1, 0.15) is 10.4 Å². The van der Waals surface area contributed by atoms with Crippen LogP contribution < -0.4 is 5.73 Å². The molecular weight excluding hydrogens is 262 g/mol. The SMILES string of the molecule is C#CCN1CCN(C(=O)c2ccc(N)c(Cl)c2)CC1. The number of carbonyl (C=O) groups is 1. The second-order valence-corrected chi connectivity index (χ2v) is 4.92. The third-order valence-electron chi connectivity index (χ3n) is 3.22. The summed E-state index contributed by atoms with van der Waals surface area (Å²) in [5.41, 5.74) is 6.69. The van der Waals surface area contributed by atoms with Gasteiger partial charge in [0, 0.05) is 31.7 Å². The van der Waals surface area contributed by atoms with Crippen LogP contribution in [0.5, 0.6) is 0 Å². The van der Waals surface area contributed by atoms with Crippen molar-refractivity contribution in [2.75, 3.05) is 38.5 Å². The number of terminal acetylenes is 1. The molecular formula is C14H16ClN3O. The second kappa shape index (κ2) is 5.96. The summed E-state index contributed by atoms with van der Waals surface area (Å²) in [4.78, 5) is 16.3. The van der Waals surface area contributed by atoms with Crippen LogP contribution in [0.25, 0.3) is 0 Å². The number of piperazine rings is 1. The predicted molar refractivity (Wildman–Crippen MR) is 77.0 cm³/mol. The molecule has 2 N–H and O–H groups in total. The van der Waals surface area contributed by atoms with Crippen molar-refractivity contribution in [1.29, 1.82) is 0 Å². The molecule has 0 bridgehead atoms. The third kappa shape index (κ3) is 3.19. The number of amides is 1. The summed E-state index contributed by atoms with van der Waals surface area (Å²) < 4.78 is 0. The summed E-state index contributed by atoms with van der Waals surface area (Å²) in [6.45, 7) is 3.61. The van der Waals surface area contributed by atoms with Crippen molar-refractivity contribution >= 4 is 23.2 Å². The molecule has 1 aliphatic heterocycles. The molecule has 0 aliphatic carbocycles. The maximum Gasteiger partial charge on any atom is 0.253 e. The summed E-state index contributed by atoms with van der Waals surface area (Å²) in [6, 6.07) is 4.98. The van der Waals surface area contributed by atoms with Crippen LogP contribution in [-0.4, -0.2) is 48.4 Å². The van der Waals surface area contributed by atoms with Crippen molar-refractivity contribution < 1.29 is 4.79 Å². The molecule has 2 rings (SSSR count). The molecule has 5 heteroatoms. The molecule has 1 aliphatic rings. The first kappa shape index (κ1) is 13.7. The lowest BCUT2D eigenvalue weighted by Crippen LogP contribution is -2.48. The molecule has 0 spiro atoms. The Hall–Kier alpha value is -1.70. The number of rotatable bonds is 2. The topological polar surface area (TPSA) is 49.6 Å². The van der Waals surface area contributed by atoms with Crippen LogP contribution >= 0.6 is 11.6 Å². The van der Waals surface area contributed by atoms with Crippen LogP contribution in [0, 0.1) is 12.3 Å². The summed E-state index contributed by atoms with van der Waals surface area (Å²) in [5.74, 6) is 2.61. The second-order valence-electron chi connectivity index (χ2n) is 4.51. The highest BCUT2D eigenvalue weighted by atomic mass is 35.5. The van der Waals surface area contributed by atoms with E-state index in [4.69, 9.17) is 23.8 Å². The van der Waals surface area contributed by atoms with Gasteiger partial charge in [-0.1, -0.05) is 17.5 Å². The third-order valence-corrected chi connectivity index (χ3v) is 3.55. The van der Waals surface area contributed by atoms with Gasteiger partial charge in [-0.2, -0.15) is 0 Å². The Morgan fingerprint density at radius 2 is 2.05 bits per heavy atom. The van der Waals surface area contributed by atoms with Crippen molar-refractivity contribution in [1.82, 2.24) is 9.80 Å². The van der Waals surface area contributed by atoms with Gasteiger partial charge in [0.15, 0.2) is 0 Å². The van der Waals surface area contributed by atoms with Gasteiger partial charge in [-0.25, -0.2) is 0 Å². The molecule has 1 fully saturated rings. The highest BCUT2D eigenvalue weighted by molar-refractivity contribution is 6.33. The number of nitrogens with zero attached hydrogens (tertiary/aromatic N) is 2. The fourth-order valence-corrected chi connectivity index (χ4v) is 2.26. The number of hydrogen-bond donors (Lipinski definition) is 1. The van der Waals surface area contributed by atoms with E-state index >= 15 is 0 Å². The van der Waals surface area contributed by atoms with Gasteiger partial charge in [0.05, 0.1) is 17.3 Å². The molecule has 0 radical (unpaired) electrons. The van der Waals surface area contributed by atoms with Crippen LogP contribution in [0.2, 0.25) is 5.02 Å². The highest BCUT2D eigenvalue weighted by Gasteiger charge is 2.21. The van der Waals surface area contributed by atoms with Gasteiger partial charge in [0.25, 0.3) is 5.91 Å². The minimum Gasteiger partial charge on any atom is -0.398 e. The average molecular weight is 278 g/mol. The van der Waals surface area contributed by atoms with Crippen molar-refractivity contribution in [3.8, 4) is 12.3 Å². The summed E-state index contributed by atoms with van der Waals surface area (Å²) in [7, 11) is 0. The lowest BCUT2D eigenvalue weighted by atomic mass is 10.1. The van der Waals surface area contributed by atoms with Gasteiger partial charge in [-0.15, -0.1) is 6.42 Å². The fraction of sp³-hybridized carbons (Fsp3) is 0.357. The Labute approximate surface area is 118 Å². The van der Waals surface area contributed by atoms with E-state index in [0.29, 0.717) is 35.9 Å². The Bertz CT molecular complexity index is 516. The van der Waals surface area contributed by atoms with Gasteiger partial charge in [0.1, 0.15) is 0 Å². The molecule has 0 atom stereocenters. The number of carbonyl (C=O) groups excluding carboxylic acids is 1. The summed E-state index contributed by atoms with van der Waals surface area (Å²) >= 11 is 5.94. The molecule has 100 valence electrons. The maximum atomic E-state index is 12.3. The minimum atomic E-state index is -0.0118. The van der Waals surface area contributed by atoms with E-state index in [1.807, 2.05) is 4.90 Å². The van der Waals surface area contributed by atoms with Crippen LogP contribution in [-0.2, 0) is 0 Å². The molecule has 1 aromatic rings. The smallest absolute Gasteiger partial charge is 0.253 e.